The van der Waals surface area contributed by atoms with Gasteiger partial charge in [-0.3, -0.25) is 9.69 Å². The van der Waals surface area contributed by atoms with Crippen LogP contribution in [0.5, 0.6) is 0 Å². The molecule has 1 amide bonds. The molecule has 250 valence electrons. The summed E-state index contributed by atoms with van der Waals surface area (Å²) in [5.74, 6) is -3.60. The van der Waals surface area contributed by atoms with E-state index in [0.29, 0.717) is 51.9 Å². The second-order valence-corrected chi connectivity index (χ2v) is 15.5. The van der Waals surface area contributed by atoms with Crippen molar-refractivity contribution in [3.05, 3.63) is 58.1 Å². The van der Waals surface area contributed by atoms with E-state index in [2.05, 4.69) is 34.0 Å². The summed E-state index contributed by atoms with van der Waals surface area (Å²) >= 11 is 6.56. The van der Waals surface area contributed by atoms with Crippen LogP contribution in [-0.2, 0) is 27.5 Å². The van der Waals surface area contributed by atoms with Gasteiger partial charge in [-0.1, -0.05) is 37.6 Å². The Bertz CT molecular complexity index is 1660. The third kappa shape index (κ3) is 7.95. The lowest BCUT2D eigenvalue weighted by atomic mass is 10.1. The van der Waals surface area contributed by atoms with Gasteiger partial charge in [0.05, 0.1) is 34.4 Å². The van der Waals surface area contributed by atoms with Crippen LogP contribution >= 0.6 is 22.9 Å². The normalized spacial score (nSPS) is 19.6. The Kier molecular flexibility index (Phi) is 9.95. The second kappa shape index (κ2) is 13.3. The molecule has 5 rings (SSSR count). The number of nitrogens with one attached hydrogen (secondary N) is 1. The van der Waals surface area contributed by atoms with Gasteiger partial charge in [-0.15, -0.1) is 11.3 Å². The van der Waals surface area contributed by atoms with Crippen molar-refractivity contribution in [2.75, 3.05) is 44.2 Å². The zero-order valence-electron chi connectivity index (χ0n) is 24.9. The van der Waals surface area contributed by atoms with E-state index in [1.165, 1.54) is 30.3 Å². The second-order valence-electron chi connectivity index (χ2n) is 11.7. The van der Waals surface area contributed by atoms with E-state index in [1.807, 2.05) is 4.90 Å². The molecule has 0 radical (unpaired) electrons. The van der Waals surface area contributed by atoms with Crippen molar-refractivity contribution in [1.82, 2.24) is 24.5 Å². The van der Waals surface area contributed by atoms with Gasteiger partial charge >= 0.3 is 6.18 Å². The van der Waals surface area contributed by atoms with Crippen molar-refractivity contribution in [3.63, 3.8) is 0 Å². The zero-order chi connectivity index (χ0) is 33.4. The molecular weight excluding hydrogens is 675 g/mol. The molecule has 1 aromatic carbocycles. The molecule has 1 N–H and O–H groups in total. The number of nitrogens with zero attached hydrogens (tertiary/aromatic N) is 5. The Labute approximate surface area is 272 Å². The highest BCUT2D eigenvalue weighted by Crippen LogP contribution is 2.38. The predicted molar refractivity (Wildman–Crippen MR) is 164 cm³/mol. The first-order valence-electron chi connectivity index (χ1n) is 14.5. The molecule has 2 aromatic heterocycles. The van der Waals surface area contributed by atoms with Crippen molar-refractivity contribution in [2.24, 2.45) is 5.92 Å². The molecule has 1 atom stereocenters. The Morgan fingerprint density at radius 3 is 2.35 bits per heavy atom. The summed E-state index contributed by atoms with van der Waals surface area (Å²) in [6.45, 7) is 6.41. The van der Waals surface area contributed by atoms with Crippen LogP contribution in [0, 0.1) is 5.92 Å². The minimum atomic E-state index is -4.52. The van der Waals surface area contributed by atoms with Gasteiger partial charge in [-0.05, 0) is 36.2 Å². The molecule has 3 aromatic rings. The lowest BCUT2D eigenvalue weighted by Crippen LogP contribution is -2.48. The van der Waals surface area contributed by atoms with Crippen molar-refractivity contribution in [2.45, 2.75) is 49.2 Å². The SMILES string of the molecule is CC(C)CN1CCN(c2nc(CNC(=O)C3CC(F)(F)CN3S(=O)(=O)c3ccc(Cl)s3)cc(-c3ccc(C(F)(F)F)cc3)n2)CC1. The maximum atomic E-state index is 14.5. The lowest BCUT2D eigenvalue weighted by molar-refractivity contribution is -0.137. The first kappa shape index (κ1) is 34.4. The molecule has 0 aliphatic carbocycles. The number of halogens is 6. The van der Waals surface area contributed by atoms with Crippen LogP contribution in [0.3, 0.4) is 0 Å². The number of benzene rings is 1. The quantitative estimate of drug-likeness (QED) is 0.299. The Balaban J connectivity index is 1.39. The number of carbonyl (C=O) groups excluding carboxylic acids is 1. The molecule has 17 heteroatoms. The average Bonchev–Trinajstić information content (AvgIpc) is 3.58. The average molecular weight is 707 g/mol. The summed E-state index contributed by atoms with van der Waals surface area (Å²) < 4.78 is 95.3. The van der Waals surface area contributed by atoms with Gasteiger partial charge in [-0.25, -0.2) is 27.2 Å². The summed E-state index contributed by atoms with van der Waals surface area (Å²) in [5.41, 5.74) is 0.128. The molecule has 46 heavy (non-hydrogen) atoms. The molecule has 1 unspecified atom stereocenters. The summed E-state index contributed by atoms with van der Waals surface area (Å²) in [4.78, 5) is 26.7. The number of amides is 1. The molecule has 4 heterocycles. The minimum absolute atomic E-state index is 0.148. The number of alkyl halides is 5. The number of carbonyl (C=O) groups is 1. The number of rotatable bonds is 9. The Morgan fingerprint density at radius 1 is 1.09 bits per heavy atom. The van der Waals surface area contributed by atoms with Gasteiger partial charge < -0.3 is 10.2 Å². The smallest absolute Gasteiger partial charge is 0.349 e. The summed E-state index contributed by atoms with van der Waals surface area (Å²) in [7, 11) is -4.45. The van der Waals surface area contributed by atoms with E-state index in [4.69, 9.17) is 11.6 Å². The summed E-state index contributed by atoms with van der Waals surface area (Å²) in [6, 6.07) is 6.79. The number of anilines is 1. The standard InChI is InChI=1S/C29H32ClF5N6O3S2/c1-18(2)16-39-9-11-40(12-10-39)27-37-21(13-22(38-27)19-3-5-20(6-4-19)29(33,34)35)15-36-26(42)23-14-28(31,32)17-41(23)46(43,44)25-8-7-24(30)45-25/h3-8,13,18,23H,9-12,14-17H2,1-2H3,(H,36,42). The van der Waals surface area contributed by atoms with E-state index >= 15 is 0 Å². The molecule has 2 saturated heterocycles. The van der Waals surface area contributed by atoms with Crippen LogP contribution in [0.1, 0.15) is 31.5 Å². The fourth-order valence-corrected chi connectivity index (χ4v) is 8.68. The van der Waals surface area contributed by atoms with E-state index in [0.717, 1.165) is 31.8 Å². The molecule has 9 nitrogen and oxygen atoms in total. The van der Waals surface area contributed by atoms with Gasteiger partial charge in [0.25, 0.3) is 15.9 Å². The van der Waals surface area contributed by atoms with Gasteiger partial charge in [0.1, 0.15) is 10.3 Å². The predicted octanol–water partition coefficient (Wildman–Crippen LogP) is 5.37. The van der Waals surface area contributed by atoms with Crippen LogP contribution in [0.4, 0.5) is 27.9 Å². The van der Waals surface area contributed by atoms with E-state index in [-0.39, 0.29) is 20.8 Å². The molecular formula is C29H32ClF5N6O3S2. The highest BCUT2D eigenvalue weighted by molar-refractivity contribution is 7.91. The first-order chi connectivity index (χ1) is 21.5. The van der Waals surface area contributed by atoms with Crippen LogP contribution in [-0.4, -0.2) is 84.7 Å². The molecule has 0 bridgehead atoms. The third-order valence-electron chi connectivity index (χ3n) is 7.64. The van der Waals surface area contributed by atoms with Crippen molar-refractivity contribution in [3.8, 4) is 11.3 Å². The third-order valence-corrected chi connectivity index (χ3v) is 11.2. The van der Waals surface area contributed by atoms with E-state index < -0.39 is 52.6 Å². The lowest BCUT2D eigenvalue weighted by Gasteiger charge is -2.35. The highest BCUT2D eigenvalue weighted by atomic mass is 35.5. The van der Waals surface area contributed by atoms with Crippen LogP contribution in [0.2, 0.25) is 4.34 Å². The molecule has 2 aliphatic rings. The maximum Gasteiger partial charge on any atom is 0.416 e. The number of hydrogen-bond donors (Lipinski definition) is 1. The summed E-state index contributed by atoms with van der Waals surface area (Å²) in [6.07, 6.45) is -5.53. The number of sulfonamides is 1. The van der Waals surface area contributed by atoms with Crippen LogP contribution in [0.25, 0.3) is 11.3 Å². The number of aromatic nitrogens is 2. The largest absolute Gasteiger partial charge is 0.416 e. The minimum Gasteiger partial charge on any atom is -0.349 e. The number of piperazine rings is 1. The van der Waals surface area contributed by atoms with Gasteiger partial charge in [-0.2, -0.15) is 17.5 Å². The first-order valence-corrected chi connectivity index (χ1v) is 17.1. The van der Waals surface area contributed by atoms with Gasteiger partial charge in [0, 0.05) is 44.7 Å². The number of thiophene rings is 1. The molecule has 2 aliphatic heterocycles. The fraction of sp³-hybridized carbons (Fsp3) is 0.483. The Hall–Kier alpha value is -2.92. The van der Waals surface area contributed by atoms with Crippen LogP contribution in [0.15, 0.2) is 46.7 Å². The van der Waals surface area contributed by atoms with Gasteiger partial charge in [0.15, 0.2) is 0 Å². The fourth-order valence-electron chi connectivity index (χ4n) is 5.45. The topological polar surface area (TPSA) is 98.7 Å². The van der Waals surface area contributed by atoms with Crippen molar-refractivity contribution < 1.29 is 35.2 Å². The van der Waals surface area contributed by atoms with E-state index in [9.17, 15) is 35.2 Å². The van der Waals surface area contributed by atoms with Crippen molar-refractivity contribution >= 4 is 44.8 Å². The number of hydrogen-bond acceptors (Lipinski definition) is 8. The molecule has 2 fully saturated rings. The highest BCUT2D eigenvalue weighted by Gasteiger charge is 2.53. The summed E-state index contributed by atoms with van der Waals surface area (Å²) in [5, 5.41) is 2.54. The van der Waals surface area contributed by atoms with Crippen molar-refractivity contribution in [1.29, 1.82) is 0 Å². The van der Waals surface area contributed by atoms with Gasteiger partial charge in [0.2, 0.25) is 11.9 Å². The molecule has 0 saturated carbocycles. The Morgan fingerprint density at radius 2 is 1.76 bits per heavy atom. The van der Waals surface area contributed by atoms with Crippen LogP contribution < -0.4 is 10.2 Å². The maximum absolute atomic E-state index is 14.5. The zero-order valence-corrected chi connectivity index (χ0v) is 27.3. The monoisotopic (exact) mass is 706 g/mol. The molecule has 0 spiro atoms. The van der Waals surface area contributed by atoms with E-state index in [1.54, 1.807) is 0 Å².